The van der Waals surface area contributed by atoms with Gasteiger partial charge in [-0.3, -0.25) is 0 Å². The molecule has 16 heavy (non-hydrogen) atoms. The molecule has 2 heterocycles. The minimum Gasteiger partial charge on any atom is -0.383 e. The topological polar surface area (TPSA) is 73.1 Å². The van der Waals surface area contributed by atoms with E-state index in [2.05, 4.69) is 22.2 Å². The van der Waals surface area contributed by atoms with Gasteiger partial charge in [-0.25, -0.2) is 9.97 Å². The lowest BCUT2D eigenvalue weighted by Crippen LogP contribution is -2.35. The van der Waals surface area contributed by atoms with Crippen LogP contribution >= 0.6 is 11.8 Å². The fourth-order valence-electron chi connectivity index (χ4n) is 1.67. The van der Waals surface area contributed by atoms with Crippen molar-refractivity contribution < 1.29 is 4.74 Å². The smallest absolute Gasteiger partial charge is 0.191 e. The fourth-order valence-corrected chi connectivity index (χ4v) is 2.06. The number of hydrogen-bond acceptors (Lipinski definition) is 6. The molecule has 0 spiro atoms. The van der Waals surface area contributed by atoms with Gasteiger partial charge in [-0.2, -0.15) is 0 Å². The Kier molecular flexibility index (Phi) is 3.20. The van der Waals surface area contributed by atoms with Crippen LogP contribution in [0.1, 0.15) is 13.3 Å². The predicted octanol–water partition coefficient (Wildman–Crippen LogP) is 1.37. The van der Waals surface area contributed by atoms with Gasteiger partial charge in [0.15, 0.2) is 5.16 Å². The molecule has 1 aliphatic rings. The molecule has 0 amide bonds. The van der Waals surface area contributed by atoms with E-state index in [1.807, 2.05) is 6.26 Å². The van der Waals surface area contributed by atoms with Crippen molar-refractivity contribution in [3.8, 4) is 0 Å². The first kappa shape index (κ1) is 11.5. The van der Waals surface area contributed by atoms with E-state index in [9.17, 15) is 0 Å². The Morgan fingerprint density at radius 3 is 3.00 bits per heavy atom. The number of hydrogen-bond donors (Lipinski definition) is 2. The average molecular weight is 240 g/mol. The summed E-state index contributed by atoms with van der Waals surface area (Å²) in [7, 11) is 0. The largest absolute Gasteiger partial charge is 0.383 e. The number of ether oxygens (including phenoxy) is 1. The zero-order valence-corrected chi connectivity index (χ0v) is 10.3. The molecule has 1 unspecified atom stereocenters. The van der Waals surface area contributed by atoms with Crippen LogP contribution < -0.4 is 11.1 Å². The molecule has 0 radical (unpaired) electrons. The highest BCUT2D eigenvalue weighted by atomic mass is 32.2. The number of aromatic nitrogens is 2. The Hall–Kier alpha value is -1.01. The van der Waals surface area contributed by atoms with Gasteiger partial charge in [0.2, 0.25) is 0 Å². The van der Waals surface area contributed by atoms with Gasteiger partial charge in [0.25, 0.3) is 0 Å². The number of nitrogen functional groups attached to an aromatic ring is 1. The molecule has 0 bridgehead atoms. The molecule has 0 aliphatic carbocycles. The third kappa shape index (κ3) is 2.56. The monoisotopic (exact) mass is 240 g/mol. The normalized spacial score (nSPS) is 24.6. The van der Waals surface area contributed by atoms with E-state index < -0.39 is 0 Å². The lowest BCUT2D eigenvalue weighted by atomic mass is 10.0. The molecular formula is C10H16N4OS. The van der Waals surface area contributed by atoms with Gasteiger partial charge in [0.1, 0.15) is 11.6 Å². The van der Waals surface area contributed by atoms with Crippen LogP contribution in [0.4, 0.5) is 11.6 Å². The van der Waals surface area contributed by atoms with Crippen LogP contribution in [-0.4, -0.2) is 35.0 Å². The van der Waals surface area contributed by atoms with Crippen molar-refractivity contribution in [3.63, 3.8) is 0 Å². The molecule has 5 nitrogen and oxygen atoms in total. The molecule has 1 aliphatic heterocycles. The average Bonchev–Trinajstić information content (AvgIpc) is 2.63. The van der Waals surface area contributed by atoms with Crippen LogP contribution in [0.15, 0.2) is 11.2 Å². The number of nitrogens with one attached hydrogen (secondary N) is 1. The predicted molar refractivity (Wildman–Crippen MR) is 65.7 cm³/mol. The highest BCUT2D eigenvalue weighted by Gasteiger charge is 2.29. The van der Waals surface area contributed by atoms with Crippen molar-refractivity contribution >= 4 is 23.4 Å². The molecule has 1 fully saturated rings. The summed E-state index contributed by atoms with van der Waals surface area (Å²) in [5.41, 5.74) is 5.67. The van der Waals surface area contributed by atoms with Crippen LogP contribution in [0.5, 0.6) is 0 Å². The molecule has 1 aromatic heterocycles. The van der Waals surface area contributed by atoms with E-state index in [-0.39, 0.29) is 5.54 Å². The molecule has 1 atom stereocenters. The maximum absolute atomic E-state index is 5.72. The molecule has 0 saturated carbocycles. The maximum Gasteiger partial charge on any atom is 0.191 e. The molecule has 1 saturated heterocycles. The van der Waals surface area contributed by atoms with Crippen molar-refractivity contribution in [1.82, 2.24) is 9.97 Å². The van der Waals surface area contributed by atoms with Crippen molar-refractivity contribution in [2.24, 2.45) is 0 Å². The van der Waals surface area contributed by atoms with Crippen molar-refractivity contribution in [1.29, 1.82) is 0 Å². The summed E-state index contributed by atoms with van der Waals surface area (Å²) in [5, 5.41) is 4.05. The van der Waals surface area contributed by atoms with Crippen molar-refractivity contribution in [3.05, 3.63) is 6.07 Å². The lowest BCUT2D eigenvalue weighted by molar-refractivity contribution is 0.185. The first-order valence-corrected chi connectivity index (χ1v) is 6.38. The second-order valence-corrected chi connectivity index (χ2v) is 4.93. The maximum atomic E-state index is 5.72. The Balaban J connectivity index is 2.17. The number of thioether (sulfide) groups is 1. The first-order chi connectivity index (χ1) is 7.61. The van der Waals surface area contributed by atoms with Crippen LogP contribution in [0, 0.1) is 0 Å². The van der Waals surface area contributed by atoms with Gasteiger partial charge in [0.05, 0.1) is 12.1 Å². The van der Waals surface area contributed by atoms with Crippen LogP contribution in [-0.2, 0) is 4.74 Å². The van der Waals surface area contributed by atoms with Crippen LogP contribution in [0.2, 0.25) is 0 Å². The number of anilines is 2. The van der Waals surface area contributed by atoms with Gasteiger partial charge >= 0.3 is 0 Å². The molecule has 0 aromatic carbocycles. The third-order valence-corrected chi connectivity index (χ3v) is 3.10. The van der Waals surface area contributed by atoms with E-state index in [1.54, 1.807) is 6.07 Å². The van der Waals surface area contributed by atoms with Gasteiger partial charge < -0.3 is 15.8 Å². The fraction of sp³-hybridized carbons (Fsp3) is 0.600. The highest BCUT2D eigenvalue weighted by molar-refractivity contribution is 7.98. The summed E-state index contributed by atoms with van der Waals surface area (Å²) < 4.78 is 5.38. The minimum atomic E-state index is -0.0452. The molecule has 3 N–H and O–H groups in total. The van der Waals surface area contributed by atoms with E-state index in [0.717, 1.165) is 18.8 Å². The number of rotatable bonds is 3. The van der Waals surface area contributed by atoms with E-state index in [1.165, 1.54) is 11.8 Å². The standard InChI is InChI=1S/C10H16N4OS/c1-10(3-4-15-6-10)14-8-5-7(11)12-9(13-8)16-2/h5H,3-4,6H2,1-2H3,(H3,11,12,13,14). The summed E-state index contributed by atoms with van der Waals surface area (Å²) in [6.07, 6.45) is 2.91. The molecule has 6 heteroatoms. The Bertz CT molecular complexity index is 379. The molecule has 1 aromatic rings. The van der Waals surface area contributed by atoms with E-state index in [4.69, 9.17) is 10.5 Å². The summed E-state index contributed by atoms with van der Waals surface area (Å²) in [6, 6.07) is 1.75. The van der Waals surface area contributed by atoms with Gasteiger partial charge in [-0.05, 0) is 19.6 Å². The highest BCUT2D eigenvalue weighted by Crippen LogP contribution is 2.24. The molecule has 88 valence electrons. The zero-order chi connectivity index (χ0) is 11.6. The van der Waals surface area contributed by atoms with Crippen molar-refractivity contribution in [2.45, 2.75) is 24.0 Å². The summed E-state index contributed by atoms with van der Waals surface area (Å²) in [5.74, 6) is 1.26. The number of nitrogens with zero attached hydrogens (tertiary/aromatic N) is 2. The lowest BCUT2D eigenvalue weighted by Gasteiger charge is -2.24. The van der Waals surface area contributed by atoms with Gasteiger partial charge in [0, 0.05) is 12.7 Å². The van der Waals surface area contributed by atoms with Crippen molar-refractivity contribution in [2.75, 3.05) is 30.5 Å². The van der Waals surface area contributed by atoms with Crippen LogP contribution in [0.3, 0.4) is 0 Å². The third-order valence-electron chi connectivity index (χ3n) is 2.56. The summed E-state index contributed by atoms with van der Waals surface area (Å²) in [6.45, 7) is 3.61. The van der Waals surface area contributed by atoms with Gasteiger partial charge in [-0.1, -0.05) is 11.8 Å². The van der Waals surface area contributed by atoms with E-state index >= 15 is 0 Å². The zero-order valence-electron chi connectivity index (χ0n) is 9.49. The quantitative estimate of drug-likeness (QED) is 0.614. The summed E-state index contributed by atoms with van der Waals surface area (Å²) >= 11 is 1.48. The molecular weight excluding hydrogens is 224 g/mol. The number of nitrogens with two attached hydrogens (primary N) is 1. The summed E-state index contributed by atoms with van der Waals surface area (Å²) in [4.78, 5) is 8.47. The first-order valence-electron chi connectivity index (χ1n) is 5.16. The van der Waals surface area contributed by atoms with Gasteiger partial charge in [-0.15, -0.1) is 0 Å². The van der Waals surface area contributed by atoms with E-state index in [0.29, 0.717) is 17.6 Å². The second-order valence-electron chi connectivity index (χ2n) is 4.15. The van der Waals surface area contributed by atoms with Crippen LogP contribution in [0.25, 0.3) is 0 Å². The Morgan fingerprint density at radius 1 is 1.56 bits per heavy atom. The minimum absolute atomic E-state index is 0.0452. The Labute approximate surface area is 99.2 Å². The SMILES string of the molecule is CSc1nc(N)cc(NC2(C)CCOC2)n1. The second kappa shape index (κ2) is 4.47. The Morgan fingerprint density at radius 2 is 2.38 bits per heavy atom. The molecule has 2 rings (SSSR count).